The van der Waals surface area contributed by atoms with Crippen molar-refractivity contribution in [2.24, 2.45) is 0 Å². The van der Waals surface area contributed by atoms with Gasteiger partial charge in [-0.1, -0.05) is 0 Å². The van der Waals surface area contributed by atoms with E-state index in [4.69, 9.17) is 0 Å². The molecule has 86 valence electrons. The van der Waals surface area contributed by atoms with Gasteiger partial charge >= 0.3 is 0 Å². The van der Waals surface area contributed by atoms with Crippen LogP contribution in [0, 0.1) is 0 Å². The van der Waals surface area contributed by atoms with E-state index in [9.17, 15) is 8.42 Å². The minimum absolute atomic E-state index is 0.0819. The summed E-state index contributed by atoms with van der Waals surface area (Å²) in [6, 6.07) is 1.42. The van der Waals surface area contributed by atoms with Gasteiger partial charge in [0.05, 0.1) is 12.4 Å². The van der Waals surface area contributed by atoms with E-state index in [1.54, 1.807) is 12.4 Å². The van der Waals surface area contributed by atoms with Crippen molar-refractivity contribution < 1.29 is 8.42 Å². The summed E-state index contributed by atoms with van der Waals surface area (Å²) in [5.41, 5.74) is 0.797. The molecule has 2 aromatic rings. The first kappa shape index (κ1) is 10.8. The second-order valence-electron chi connectivity index (χ2n) is 3.29. The number of hydrogen-bond donors (Lipinski definition) is 2. The molecule has 8 heteroatoms. The monoisotopic (exact) mass is 241 g/mol. The van der Waals surface area contributed by atoms with Crippen molar-refractivity contribution in [3.05, 3.63) is 30.2 Å². The summed E-state index contributed by atoms with van der Waals surface area (Å²) in [7, 11) is -1.99. The molecule has 0 unspecified atom stereocenters. The SMILES string of the molecule is CN(Cc1cn[nH]c1)S(=O)(=O)c1ccn[nH]1. The topological polar surface area (TPSA) is 94.7 Å². The van der Waals surface area contributed by atoms with Crippen LogP contribution in [0.15, 0.2) is 29.7 Å². The van der Waals surface area contributed by atoms with Crippen molar-refractivity contribution in [3.63, 3.8) is 0 Å². The summed E-state index contributed by atoms with van der Waals surface area (Å²) in [6.45, 7) is 0.262. The second-order valence-corrected chi connectivity index (χ2v) is 5.30. The van der Waals surface area contributed by atoms with E-state index in [1.807, 2.05) is 0 Å². The lowest BCUT2D eigenvalue weighted by Gasteiger charge is -2.14. The number of rotatable bonds is 4. The fourth-order valence-electron chi connectivity index (χ4n) is 1.26. The lowest BCUT2D eigenvalue weighted by atomic mass is 10.4. The first-order valence-electron chi connectivity index (χ1n) is 4.54. The van der Waals surface area contributed by atoms with E-state index >= 15 is 0 Å². The Hall–Kier alpha value is -1.67. The molecule has 0 bridgehead atoms. The number of aromatic nitrogens is 4. The van der Waals surface area contributed by atoms with Crippen LogP contribution in [0.1, 0.15) is 5.56 Å². The van der Waals surface area contributed by atoms with Gasteiger partial charge in [-0.25, -0.2) is 8.42 Å². The predicted molar refractivity (Wildman–Crippen MR) is 55.8 cm³/mol. The normalized spacial score (nSPS) is 12.1. The molecule has 0 saturated carbocycles. The van der Waals surface area contributed by atoms with Gasteiger partial charge in [0.15, 0.2) is 5.03 Å². The molecule has 0 radical (unpaired) electrons. The summed E-state index contributed by atoms with van der Waals surface area (Å²) < 4.78 is 25.1. The van der Waals surface area contributed by atoms with Crippen LogP contribution in [0.4, 0.5) is 0 Å². The molecular formula is C8H11N5O2S. The molecule has 0 amide bonds. The van der Waals surface area contributed by atoms with E-state index in [-0.39, 0.29) is 11.6 Å². The molecule has 0 aliphatic heterocycles. The maximum absolute atomic E-state index is 11.9. The number of H-pyrrole nitrogens is 2. The molecule has 2 rings (SSSR count). The molecule has 0 saturated heterocycles. The maximum Gasteiger partial charge on any atom is 0.260 e. The van der Waals surface area contributed by atoms with Crippen molar-refractivity contribution >= 4 is 10.0 Å². The molecule has 7 nitrogen and oxygen atoms in total. The zero-order valence-corrected chi connectivity index (χ0v) is 9.40. The van der Waals surface area contributed by atoms with Crippen LogP contribution in [-0.4, -0.2) is 40.2 Å². The van der Waals surface area contributed by atoms with Gasteiger partial charge < -0.3 is 0 Å². The second kappa shape index (κ2) is 4.06. The minimum atomic E-state index is -3.50. The van der Waals surface area contributed by atoms with E-state index in [1.165, 1.54) is 23.6 Å². The standard InChI is InChI=1S/C8H11N5O2S/c1-13(6-7-4-10-11-5-7)16(14,15)8-2-3-9-12-8/h2-5H,6H2,1H3,(H,9,12)(H,10,11). The Labute approximate surface area is 92.5 Å². The quantitative estimate of drug-likeness (QED) is 0.784. The zero-order chi connectivity index (χ0) is 11.6. The Kier molecular flexibility index (Phi) is 2.75. The molecule has 0 fully saturated rings. The van der Waals surface area contributed by atoms with E-state index in [0.29, 0.717) is 0 Å². The van der Waals surface area contributed by atoms with Gasteiger partial charge in [-0.3, -0.25) is 10.2 Å². The average Bonchev–Trinajstić information content (AvgIpc) is 2.89. The average molecular weight is 241 g/mol. The van der Waals surface area contributed by atoms with Crippen molar-refractivity contribution in [1.29, 1.82) is 0 Å². The largest absolute Gasteiger partial charge is 0.285 e. The molecule has 0 atom stereocenters. The van der Waals surface area contributed by atoms with Crippen LogP contribution >= 0.6 is 0 Å². The van der Waals surface area contributed by atoms with Crippen LogP contribution in [0.3, 0.4) is 0 Å². The van der Waals surface area contributed by atoms with Crippen molar-refractivity contribution in [2.75, 3.05) is 7.05 Å². The van der Waals surface area contributed by atoms with Gasteiger partial charge in [-0.15, -0.1) is 0 Å². The lowest BCUT2D eigenvalue weighted by Crippen LogP contribution is -2.26. The molecule has 0 aromatic carbocycles. The van der Waals surface area contributed by atoms with E-state index in [2.05, 4.69) is 20.4 Å². The van der Waals surface area contributed by atoms with Crippen molar-refractivity contribution in [3.8, 4) is 0 Å². The number of nitrogens with zero attached hydrogens (tertiary/aromatic N) is 3. The van der Waals surface area contributed by atoms with Crippen LogP contribution in [0.2, 0.25) is 0 Å². The molecule has 0 spiro atoms. The molecular weight excluding hydrogens is 230 g/mol. The van der Waals surface area contributed by atoms with Crippen molar-refractivity contribution in [1.82, 2.24) is 24.7 Å². The Morgan fingerprint density at radius 2 is 2.25 bits per heavy atom. The maximum atomic E-state index is 11.9. The van der Waals surface area contributed by atoms with E-state index < -0.39 is 10.0 Å². The smallest absolute Gasteiger partial charge is 0.260 e. The molecule has 2 heterocycles. The third kappa shape index (κ3) is 1.97. The summed E-state index contributed by atoms with van der Waals surface area (Å²) in [4.78, 5) is 0. The lowest BCUT2D eigenvalue weighted by molar-refractivity contribution is 0.463. The zero-order valence-electron chi connectivity index (χ0n) is 8.58. The predicted octanol–water partition coefficient (Wildman–Crippen LogP) is -0.0465. The van der Waals surface area contributed by atoms with Gasteiger partial charge in [-0.2, -0.15) is 14.5 Å². The van der Waals surface area contributed by atoms with Gasteiger partial charge in [-0.05, 0) is 6.07 Å². The van der Waals surface area contributed by atoms with Crippen LogP contribution in [0.5, 0.6) is 0 Å². The van der Waals surface area contributed by atoms with Crippen LogP contribution in [-0.2, 0) is 16.6 Å². The summed E-state index contributed by atoms with van der Waals surface area (Å²) in [5, 5.41) is 12.5. The Morgan fingerprint density at radius 1 is 1.44 bits per heavy atom. The fraction of sp³-hybridized carbons (Fsp3) is 0.250. The molecule has 16 heavy (non-hydrogen) atoms. The van der Waals surface area contributed by atoms with Gasteiger partial charge in [0.25, 0.3) is 10.0 Å². The first-order chi connectivity index (χ1) is 7.60. The number of sulfonamides is 1. The van der Waals surface area contributed by atoms with E-state index in [0.717, 1.165) is 5.56 Å². The molecule has 2 aromatic heterocycles. The summed E-state index contributed by atoms with van der Waals surface area (Å²) >= 11 is 0. The highest BCUT2D eigenvalue weighted by Crippen LogP contribution is 2.12. The summed E-state index contributed by atoms with van der Waals surface area (Å²) in [5.74, 6) is 0. The molecule has 0 aliphatic carbocycles. The summed E-state index contributed by atoms with van der Waals surface area (Å²) in [6.07, 6.45) is 4.64. The highest BCUT2D eigenvalue weighted by molar-refractivity contribution is 7.89. The Bertz CT molecular complexity index is 531. The van der Waals surface area contributed by atoms with Gasteiger partial charge in [0.1, 0.15) is 0 Å². The Morgan fingerprint density at radius 3 is 2.81 bits per heavy atom. The van der Waals surface area contributed by atoms with Crippen LogP contribution < -0.4 is 0 Å². The minimum Gasteiger partial charge on any atom is -0.285 e. The number of nitrogens with one attached hydrogen (secondary N) is 2. The third-order valence-electron chi connectivity index (χ3n) is 2.12. The first-order valence-corrected chi connectivity index (χ1v) is 5.98. The fourth-order valence-corrected chi connectivity index (χ4v) is 2.32. The highest BCUT2D eigenvalue weighted by atomic mass is 32.2. The highest BCUT2D eigenvalue weighted by Gasteiger charge is 2.22. The van der Waals surface area contributed by atoms with Gasteiger partial charge in [0.2, 0.25) is 0 Å². The Balaban J connectivity index is 2.19. The number of aromatic amines is 2. The molecule has 2 N–H and O–H groups in total. The van der Waals surface area contributed by atoms with Crippen molar-refractivity contribution in [2.45, 2.75) is 11.6 Å². The number of hydrogen-bond acceptors (Lipinski definition) is 4. The molecule has 0 aliphatic rings. The third-order valence-corrected chi connectivity index (χ3v) is 3.86. The van der Waals surface area contributed by atoms with Gasteiger partial charge in [0, 0.05) is 25.4 Å². The van der Waals surface area contributed by atoms with Crippen LogP contribution in [0.25, 0.3) is 0 Å².